The quantitative estimate of drug-likeness (QED) is 0.860. The number of hydrogen-bond donors (Lipinski definition) is 1. The number of halogens is 1. The minimum atomic E-state index is 0.261. The fourth-order valence-electron chi connectivity index (χ4n) is 1.54. The zero-order chi connectivity index (χ0) is 13.7. The molecule has 1 aromatic rings. The van der Waals surface area contributed by atoms with Gasteiger partial charge in [-0.25, -0.2) is 4.98 Å². The van der Waals surface area contributed by atoms with E-state index in [4.69, 9.17) is 16.3 Å². The number of nitrogens with one attached hydrogen (secondary N) is 1. The number of nitrogens with zero attached hydrogens (tertiary/aromatic N) is 3. The number of hydrogen-bond acceptors (Lipinski definition) is 5. The van der Waals surface area contributed by atoms with Crippen LogP contribution in [0.5, 0.6) is 6.01 Å². The molecule has 5 nitrogen and oxygen atoms in total. The van der Waals surface area contributed by atoms with Gasteiger partial charge >= 0.3 is 6.01 Å². The number of anilines is 1. The average Bonchev–Trinajstić information content (AvgIpc) is 2.30. The van der Waals surface area contributed by atoms with Crippen LogP contribution in [-0.2, 0) is 0 Å². The largest absolute Gasteiger partial charge is 0.467 e. The zero-order valence-electron chi connectivity index (χ0n) is 11.6. The zero-order valence-corrected chi connectivity index (χ0v) is 12.3. The summed E-state index contributed by atoms with van der Waals surface area (Å²) in [5.74, 6) is 1.08. The molecule has 1 aromatic heterocycles. The molecule has 0 aliphatic rings. The predicted octanol–water partition coefficient (Wildman–Crippen LogP) is 2.14. The molecule has 1 rings (SSSR count). The van der Waals surface area contributed by atoms with Crippen molar-refractivity contribution in [2.24, 2.45) is 5.92 Å². The highest BCUT2D eigenvalue weighted by Gasteiger charge is 2.17. The van der Waals surface area contributed by atoms with Crippen LogP contribution >= 0.6 is 11.6 Å². The topological polar surface area (TPSA) is 50.3 Å². The van der Waals surface area contributed by atoms with Gasteiger partial charge in [0, 0.05) is 12.6 Å². The second-order valence-corrected chi connectivity index (χ2v) is 5.22. The summed E-state index contributed by atoms with van der Waals surface area (Å²) in [5.41, 5.74) is 0. The Kier molecular flexibility index (Phi) is 5.62. The van der Waals surface area contributed by atoms with Crippen LogP contribution in [0.15, 0.2) is 6.20 Å². The van der Waals surface area contributed by atoms with Crippen molar-refractivity contribution >= 4 is 17.4 Å². The molecule has 0 aliphatic heterocycles. The van der Waals surface area contributed by atoms with Crippen LogP contribution in [0.3, 0.4) is 0 Å². The Balaban J connectivity index is 2.85. The van der Waals surface area contributed by atoms with Crippen LogP contribution < -0.4 is 10.1 Å². The van der Waals surface area contributed by atoms with Gasteiger partial charge in [-0.05, 0) is 20.0 Å². The van der Waals surface area contributed by atoms with Crippen LogP contribution in [0.4, 0.5) is 5.82 Å². The van der Waals surface area contributed by atoms with Crippen molar-refractivity contribution < 1.29 is 4.74 Å². The molecule has 6 heteroatoms. The van der Waals surface area contributed by atoms with Crippen LogP contribution in [0.2, 0.25) is 5.02 Å². The van der Waals surface area contributed by atoms with E-state index >= 15 is 0 Å². The third-order valence-electron chi connectivity index (χ3n) is 2.59. The summed E-state index contributed by atoms with van der Waals surface area (Å²) in [7, 11) is 5.62. The Morgan fingerprint density at radius 3 is 2.61 bits per heavy atom. The van der Waals surface area contributed by atoms with E-state index in [-0.39, 0.29) is 6.04 Å². The molecule has 1 unspecified atom stereocenters. The number of methoxy groups -OCH3 is 1. The molecule has 0 aliphatic carbocycles. The number of rotatable bonds is 6. The van der Waals surface area contributed by atoms with Gasteiger partial charge in [0.25, 0.3) is 0 Å². The van der Waals surface area contributed by atoms with E-state index in [0.29, 0.717) is 22.8 Å². The summed E-state index contributed by atoms with van der Waals surface area (Å²) in [6, 6.07) is 0.575. The summed E-state index contributed by atoms with van der Waals surface area (Å²) >= 11 is 6.08. The van der Waals surface area contributed by atoms with E-state index in [1.807, 2.05) is 14.1 Å². The second kappa shape index (κ2) is 6.75. The molecule has 0 aromatic carbocycles. The van der Waals surface area contributed by atoms with Gasteiger partial charge < -0.3 is 15.0 Å². The maximum Gasteiger partial charge on any atom is 0.318 e. The van der Waals surface area contributed by atoms with Crippen molar-refractivity contribution in [3.8, 4) is 6.01 Å². The third kappa shape index (κ3) is 4.31. The summed E-state index contributed by atoms with van der Waals surface area (Å²) in [5, 5.41) is 3.85. The van der Waals surface area contributed by atoms with E-state index < -0.39 is 0 Å². The van der Waals surface area contributed by atoms with E-state index in [9.17, 15) is 0 Å². The lowest BCUT2D eigenvalue weighted by molar-refractivity contribution is 0.343. The second-order valence-electron chi connectivity index (χ2n) is 4.81. The Hall–Kier alpha value is -1.07. The number of aromatic nitrogens is 2. The van der Waals surface area contributed by atoms with Gasteiger partial charge in [0.1, 0.15) is 5.02 Å². The van der Waals surface area contributed by atoms with Gasteiger partial charge in [-0.1, -0.05) is 25.4 Å². The smallest absolute Gasteiger partial charge is 0.318 e. The van der Waals surface area contributed by atoms with Crippen molar-refractivity contribution in [2.45, 2.75) is 19.9 Å². The molecular formula is C12H21ClN4O. The monoisotopic (exact) mass is 272 g/mol. The fourth-order valence-corrected chi connectivity index (χ4v) is 1.69. The van der Waals surface area contributed by atoms with E-state index in [1.54, 1.807) is 6.20 Å². The maximum absolute atomic E-state index is 6.08. The first-order valence-corrected chi connectivity index (χ1v) is 6.29. The summed E-state index contributed by atoms with van der Waals surface area (Å²) < 4.78 is 5.00. The van der Waals surface area contributed by atoms with Gasteiger partial charge in [0.2, 0.25) is 0 Å². The Labute approximate surface area is 114 Å². The van der Waals surface area contributed by atoms with Gasteiger partial charge in [0.15, 0.2) is 5.82 Å². The van der Waals surface area contributed by atoms with Crippen molar-refractivity contribution in [1.29, 1.82) is 0 Å². The SMILES string of the molecule is COc1ncc(Cl)c(NC(CN(C)C)C(C)C)n1. The highest BCUT2D eigenvalue weighted by atomic mass is 35.5. The summed E-state index contributed by atoms with van der Waals surface area (Å²) in [6.07, 6.45) is 1.54. The molecule has 1 heterocycles. The van der Waals surface area contributed by atoms with E-state index in [1.165, 1.54) is 7.11 Å². The molecule has 1 N–H and O–H groups in total. The molecule has 0 fully saturated rings. The van der Waals surface area contributed by atoms with Crippen molar-refractivity contribution in [3.63, 3.8) is 0 Å². The fraction of sp³-hybridized carbons (Fsp3) is 0.667. The van der Waals surface area contributed by atoms with Crippen molar-refractivity contribution in [1.82, 2.24) is 14.9 Å². The molecule has 0 saturated heterocycles. The van der Waals surface area contributed by atoms with Crippen LogP contribution in [-0.4, -0.2) is 48.7 Å². The van der Waals surface area contributed by atoms with E-state index in [0.717, 1.165) is 6.54 Å². The van der Waals surface area contributed by atoms with Gasteiger partial charge in [-0.15, -0.1) is 0 Å². The van der Waals surface area contributed by atoms with Crippen LogP contribution in [0.1, 0.15) is 13.8 Å². The highest BCUT2D eigenvalue weighted by Crippen LogP contribution is 2.22. The molecule has 0 spiro atoms. The lowest BCUT2D eigenvalue weighted by Crippen LogP contribution is -2.36. The molecule has 0 radical (unpaired) electrons. The maximum atomic E-state index is 6.08. The van der Waals surface area contributed by atoms with Crippen molar-refractivity contribution in [3.05, 3.63) is 11.2 Å². The standard InChI is InChI=1S/C12H21ClN4O/c1-8(2)10(7-17(3)4)15-11-9(13)6-14-12(16-11)18-5/h6,8,10H,7H2,1-5H3,(H,14,15,16). The highest BCUT2D eigenvalue weighted by molar-refractivity contribution is 6.32. The Morgan fingerprint density at radius 1 is 1.44 bits per heavy atom. The van der Waals surface area contributed by atoms with Crippen LogP contribution in [0, 0.1) is 5.92 Å². The summed E-state index contributed by atoms with van der Waals surface area (Å²) in [4.78, 5) is 10.3. The van der Waals surface area contributed by atoms with E-state index in [2.05, 4.69) is 34.0 Å². The van der Waals surface area contributed by atoms with Gasteiger partial charge in [-0.2, -0.15) is 4.98 Å². The molecule has 0 saturated carbocycles. The molecular weight excluding hydrogens is 252 g/mol. The minimum absolute atomic E-state index is 0.261. The van der Waals surface area contributed by atoms with Gasteiger partial charge in [-0.3, -0.25) is 0 Å². The normalized spacial score (nSPS) is 12.9. The molecule has 1 atom stereocenters. The number of likely N-dealkylation sites (N-methyl/N-ethyl adjacent to an activating group) is 1. The number of ether oxygens (including phenoxy) is 1. The lowest BCUT2D eigenvalue weighted by atomic mass is 10.0. The Morgan fingerprint density at radius 2 is 2.11 bits per heavy atom. The first kappa shape index (κ1) is 15.0. The van der Waals surface area contributed by atoms with Crippen LogP contribution in [0.25, 0.3) is 0 Å². The van der Waals surface area contributed by atoms with Crippen molar-refractivity contribution in [2.75, 3.05) is 33.1 Å². The Bertz CT molecular complexity index is 384. The van der Waals surface area contributed by atoms with Gasteiger partial charge in [0.05, 0.1) is 13.3 Å². The lowest BCUT2D eigenvalue weighted by Gasteiger charge is -2.26. The molecule has 18 heavy (non-hydrogen) atoms. The summed E-state index contributed by atoms with van der Waals surface area (Å²) in [6.45, 7) is 5.22. The molecule has 0 amide bonds. The average molecular weight is 273 g/mol. The molecule has 0 bridgehead atoms. The molecule has 102 valence electrons. The minimum Gasteiger partial charge on any atom is -0.467 e. The first-order chi connectivity index (χ1) is 8.43. The predicted molar refractivity (Wildman–Crippen MR) is 74.4 cm³/mol. The third-order valence-corrected chi connectivity index (χ3v) is 2.87. The first-order valence-electron chi connectivity index (χ1n) is 5.91.